The van der Waals surface area contributed by atoms with Gasteiger partial charge in [0.15, 0.2) is 0 Å². The molecule has 0 aliphatic heterocycles. The molecule has 0 saturated carbocycles. The number of benzene rings is 2. The van der Waals surface area contributed by atoms with Gasteiger partial charge in [-0.3, -0.25) is 0 Å². The highest BCUT2D eigenvalue weighted by Crippen LogP contribution is 2.26. The smallest absolute Gasteiger partial charge is 0.0406 e. The number of rotatable bonds is 2. The highest BCUT2D eigenvalue weighted by molar-refractivity contribution is 6.30. The number of hydrogen-bond donors (Lipinski definition) is 0. The van der Waals surface area contributed by atoms with Crippen LogP contribution in [0.15, 0.2) is 36.4 Å². The summed E-state index contributed by atoms with van der Waals surface area (Å²) < 4.78 is 0. The normalized spacial score (nSPS) is 10.6. The van der Waals surface area contributed by atoms with Gasteiger partial charge < -0.3 is 0 Å². The molecule has 0 amide bonds. The van der Waals surface area contributed by atoms with Gasteiger partial charge in [0.25, 0.3) is 0 Å². The monoisotopic (exact) mass is 244 g/mol. The molecule has 0 radical (unpaired) electrons. The number of hydrogen-bond acceptors (Lipinski definition) is 0. The van der Waals surface area contributed by atoms with Gasteiger partial charge >= 0.3 is 0 Å². The van der Waals surface area contributed by atoms with Gasteiger partial charge in [0.2, 0.25) is 0 Å². The Balaban J connectivity index is 2.50. The molecule has 0 aliphatic carbocycles. The van der Waals surface area contributed by atoms with Gasteiger partial charge in [-0.05, 0) is 60.2 Å². The van der Waals surface area contributed by atoms with Crippen molar-refractivity contribution in [3.63, 3.8) is 0 Å². The lowest BCUT2D eigenvalue weighted by Crippen LogP contribution is -1.92. The van der Waals surface area contributed by atoms with Gasteiger partial charge in [0, 0.05) is 5.02 Å². The summed E-state index contributed by atoms with van der Waals surface area (Å²) in [7, 11) is 0. The van der Waals surface area contributed by atoms with Crippen molar-refractivity contribution in [1.29, 1.82) is 0 Å². The van der Waals surface area contributed by atoms with Crippen LogP contribution in [0.25, 0.3) is 11.1 Å². The molecule has 0 fully saturated rings. The van der Waals surface area contributed by atoms with E-state index < -0.39 is 0 Å². The zero-order valence-electron chi connectivity index (χ0n) is 10.5. The molecular formula is C16H17Cl. The van der Waals surface area contributed by atoms with Crippen LogP contribution < -0.4 is 0 Å². The van der Waals surface area contributed by atoms with Gasteiger partial charge in [-0.2, -0.15) is 0 Å². The maximum Gasteiger partial charge on any atom is 0.0406 e. The Labute approximate surface area is 108 Å². The van der Waals surface area contributed by atoms with E-state index >= 15 is 0 Å². The van der Waals surface area contributed by atoms with Crippen LogP contribution in [0.1, 0.15) is 23.6 Å². The van der Waals surface area contributed by atoms with Gasteiger partial charge in [0.05, 0.1) is 0 Å². The van der Waals surface area contributed by atoms with Crippen LogP contribution in [0.5, 0.6) is 0 Å². The molecule has 0 atom stereocenters. The third-order valence-corrected chi connectivity index (χ3v) is 3.48. The van der Waals surface area contributed by atoms with E-state index in [0.717, 1.165) is 11.4 Å². The first-order chi connectivity index (χ1) is 8.11. The average Bonchev–Trinajstić information content (AvgIpc) is 2.29. The van der Waals surface area contributed by atoms with E-state index in [0.29, 0.717) is 0 Å². The summed E-state index contributed by atoms with van der Waals surface area (Å²) in [6, 6.07) is 12.5. The van der Waals surface area contributed by atoms with Crippen molar-refractivity contribution in [2.24, 2.45) is 0 Å². The lowest BCUT2D eigenvalue weighted by molar-refractivity contribution is 1.08. The van der Waals surface area contributed by atoms with E-state index in [1.54, 1.807) is 0 Å². The fourth-order valence-corrected chi connectivity index (χ4v) is 2.49. The van der Waals surface area contributed by atoms with Gasteiger partial charge in [-0.1, -0.05) is 42.8 Å². The predicted molar refractivity (Wildman–Crippen MR) is 75.7 cm³/mol. The van der Waals surface area contributed by atoms with Crippen molar-refractivity contribution in [2.75, 3.05) is 0 Å². The number of halogens is 1. The van der Waals surface area contributed by atoms with Crippen LogP contribution in [0.4, 0.5) is 0 Å². The maximum absolute atomic E-state index is 5.91. The summed E-state index contributed by atoms with van der Waals surface area (Å²) in [5.41, 5.74) is 6.70. The Morgan fingerprint density at radius 3 is 1.88 bits per heavy atom. The highest BCUT2D eigenvalue weighted by atomic mass is 35.5. The molecule has 2 aromatic rings. The Bertz CT molecular complexity index is 501. The molecule has 2 rings (SSSR count). The molecule has 0 nitrogen and oxygen atoms in total. The summed E-state index contributed by atoms with van der Waals surface area (Å²) in [5.74, 6) is 0. The first kappa shape index (κ1) is 12.2. The van der Waals surface area contributed by atoms with E-state index in [1.165, 1.54) is 27.8 Å². The SMILES string of the molecule is CCc1c(C)cc(-c2ccc(Cl)cc2)cc1C. The van der Waals surface area contributed by atoms with E-state index in [-0.39, 0.29) is 0 Å². The Morgan fingerprint density at radius 1 is 0.882 bits per heavy atom. The molecule has 2 aromatic carbocycles. The van der Waals surface area contributed by atoms with Crippen molar-refractivity contribution in [3.8, 4) is 11.1 Å². The molecule has 0 bridgehead atoms. The van der Waals surface area contributed by atoms with Crippen LogP contribution in [-0.2, 0) is 6.42 Å². The van der Waals surface area contributed by atoms with E-state index in [9.17, 15) is 0 Å². The first-order valence-corrected chi connectivity index (χ1v) is 6.35. The fraction of sp³-hybridized carbons (Fsp3) is 0.250. The van der Waals surface area contributed by atoms with Crippen molar-refractivity contribution < 1.29 is 0 Å². The van der Waals surface area contributed by atoms with Crippen molar-refractivity contribution in [2.45, 2.75) is 27.2 Å². The van der Waals surface area contributed by atoms with Gasteiger partial charge in [-0.15, -0.1) is 0 Å². The standard InChI is InChI=1S/C16H17Cl/c1-4-16-11(2)9-14(10-12(16)3)13-5-7-15(17)8-6-13/h5-10H,4H2,1-3H3. The van der Waals surface area contributed by atoms with Crippen LogP contribution in [-0.4, -0.2) is 0 Å². The Kier molecular flexibility index (Phi) is 3.54. The van der Waals surface area contributed by atoms with Crippen molar-refractivity contribution in [3.05, 3.63) is 58.1 Å². The zero-order chi connectivity index (χ0) is 12.4. The highest BCUT2D eigenvalue weighted by Gasteiger charge is 2.05. The molecule has 0 N–H and O–H groups in total. The largest absolute Gasteiger partial charge is 0.0843 e. The van der Waals surface area contributed by atoms with Crippen LogP contribution >= 0.6 is 11.6 Å². The molecule has 1 heteroatoms. The molecule has 0 aromatic heterocycles. The molecule has 17 heavy (non-hydrogen) atoms. The molecule has 0 saturated heterocycles. The zero-order valence-corrected chi connectivity index (χ0v) is 11.3. The molecule has 0 heterocycles. The van der Waals surface area contributed by atoms with Crippen LogP contribution in [0.3, 0.4) is 0 Å². The van der Waals surface area contributed by atoms with Crippen LogP contribution in [0, 0.1) is 13.8 Å². The lowest BCUT2D eigenvalue weighted by Gasteiger charge is -2.11. The van der Waals surface area contributed by atoms with E-state index in [2.05, 4.69) is 45.0 Å². The maximum atomic E-state index is 5.91. The number of aryl methyl sites for hydroxylation is 2. The van der Waals surface area contributed by atoms with E-state index in [4.69, 9.17) is 11.6 Å². The van der Waals surface area contributed by atoms with Crippen LogP contribution in [0.2, 0.25) is 5.02 Å². The summed E-state index contributed by atoms with van der Waals surface area (Å²) in [4.78, 5) is 0. The van der Waals surface area contributed by atoms with Gasteiger partial charge in [0.1, 0.15) is 0 Å². The molecule has 0 aliphatic rings. The summed E-state index contributed by atoms with van der Waals surface area (Å²) in [5, 5.41) is 0.785. The average molecular weight is 245 g/mol. The van der Waals surface area contributed by atoms with Crippen molar-refractivity contribution in [1.82, 2.24) is 0 Å². The predicted octanol–water partition coefficient (Wildman–Crippen LogP) is 5.19. The van der Waals surface area contributed by atoms with Crippen molar-refractivity contribution >= 4 is 11.6 Å². The third-order valence-electron chi connectivity index (χ3n) is 3.23. The second kappa shape index (κ2) is 4.93. The Morgan fingerprint density at radius 2 is 1.41 bits per heavy atom. The first-order valence-electron chi connectivity index (χ1n) is 5.98. The Hall–Kier alpha value is -1.27. The van der Waals surface area contributed by atoms with Gasteiger partial charge in [-0.25, -0.2) is 0 Å². The quantitative estimate of drug-likeness (QED) is 0.682. The summed E-state index contributed by atoms with van der Waals surface area (Å²) in [6.45, 7) is 6.58. The minimum Gasteiger partial charge on any atom is -0.0843 e. The second-order valence-corrected chi connectivity index (χ2v) is 4.89. The minimum atomic E-state index is 0.785. The summed E-state index contributed by atoms with van der Waals surface area (Å²) >= 11 is 5.91. The minimum absolute atomic E-state index is 0.785. The second-order valence-electron chi connectivity index (χ2n) is 4.45. The molecule has 0 unspecified atom stereocenters. The summed E-state index contributed by atoms with van der Waals surface area (Å²) in [6.07, 6.45) is 1.10. The fourth-order valence-electron chi connectivity index (χ4n) is 2.36. The topological polar surface area (TPSA) is 0 Å². The molecule has 0 spiro atoms. The lowest BCUT2D eigenvalue weighted by atomic mass is 9.94. The molecular weight excluding hydrogens is 228 g/mol. The van der Waals surface area contributed by atoms with E-state index in [1.807, 2.05) is 12.1 Å². The third kappa shape index (κ3) is 2.53. The molecule has 88 valence electrons.